The standard InChI is InChI=1S/C26H26F2N6O/c1-15-20(14-30-26-25(15)21(27)4-8-35-26)19-9-16-11-23(29-13-17(16)10-22(19)28)31-24-12-18-3-5-33(2)6-7-34(18)32-24/h9-14,21H,3-8H2,1-2H3,(H,29,31,32). The largest absolute Gasteiger partial charge is 0.477 e. The van der Waals surface area contributed by atoms with Crippen molar-refractivity contribution < 1.29 is 13.5 Å². The van der Waals surface area contributed by atoms with Crippen LogP contribution in [0.15, 0.2) is 36.7 Å². The molecule has 6 rings (SSSR count). The lowest BCUT2D eigenvalue weighted by Gasteiger charge is -2.23. The Kier molecular flexibility index (Phi) is 5.36. The molecule has 1 unspecified atom stereocenters. The van der Waals surface area contributed by atoms with Crippen molar-refractivity contribution in [2.45, 2.75) is 32.5 Å². The van der Waals surface area contributed by atoms with Crippen molar-refractivity contribution in [1.29, 1.82) is 0 Å². The molecule has 2 aliphatic heterocycles. The van der Waals surface area contributed by atoms with Crippen molar-refractivity contribution in [2.24, 2.45) is 0 Å². The molecule has 35 heavy (non-hydrogen) atoms. The van der Waals surface area contributed by atoms with Gasteiger partial charge in [0.2, 0.25) is 5.88 Å². The molecule has 0 radical (unpaired) electrons. The Bertz CT molecular complexity index is 1410. The Morgan fingerprint density at radius 2 is 1.89 bits per heavy atom. The number of rotatable bonds is 3. The number of nitrogens with one attached hydrogen (secondary N) is 1. The van der Waals surface area contributed by atoms with E-state index < -0.39 is 12.0 Å². The molecule has 0 aliphatic carbocycles. The summed E-state index contributed by atoms with van der Waals surface area (Å²) < 4.78 is 37.3. The second kappa shape index (κ2) is 8.57. The molecule has 0 bridgehead atoms. The maximum Gasteiger partial charge on any atom is 0.219 e. The Balaban J connectivity index is 1.34. The second-order valence-electron chi connectivity index (χ2n) is 9.29. The average Bonchev–Trinajstić information content (AvgIpc) is 3.14. The van der Waals surface area contributed by atoms with E-state index in [1.807, 2.05) is 10.7 Å². The summed E-state index contributed by atoms with van der Waals surface area (Å²) in [6.07, 6.45) is 3.25. The van der Waals surface area contributed by atoms with Crippen LogP contribution >= 0.6 is 0 Å². The van der Waals surface area contributed by atoms with Crippen molar-refractivity contribution in [2.75, 3.05) is 32.1 Å². The maximum absolute atomic E-state index is 15.1. The molecular formula is C26H26F2N6O. The van der Waals surface area contributed by atoms with Gasteiger partial charge in [0.15, 0.2) is 5.82 Å². The van der Waals surface area contributed by atoms with Crippen LogP contribution < -0.4 is 10.1 Å². The van der Waals surface area contributed by atoms with Gasteiger partial charge in [0, 0.05) is 66.6 Å². The SMILES string of the molecule is Cc1c(-c2cc3cc(Nc4cc5n(n4)CCN(C)CC5)ncc3cc2F)cnc2c1C(F)CCO2. The van der Waals surface area contributed by atoms with Crippen LogP contribution in [0.2, 0.25) is 0 Å². The van der Waals surface area contributed by atoms with Crippen LogP contribution in [-0.4, -0.2) is 51.4 Å². The summed E-state index contributed by atoms with van der Waals surface area (Å²) in [6.45, 7) is 4.90. The number of likely N-dealkylation sites (N-methyl/N-ethyl adjacent to an activating group) is 1. The lowest BCUT2D eigenvalue weighted by molar-refractivity contribution is 0.192. The maximum atomic E-state index is 15.1. The van der Waals surface area contributed by atoms with Gasteiger partial charge in [-0.05, 0) is 43.1 Å². The minimum absolute atomic E-state index is 0.272. The van der Waals surface area contributed by atoms with E-state index in [9.17, 15) is 4.39 Å². The number of anilines is 2. The van der Waals surface area contributed by atoms with E-state index in [2.05, 4.69) is 38.4 Å². The van der Waals surface area contributed by atoms with Crippen molar-refractivity contribution >= 4 is 22.4 Å². The van der Waals surface area contributed by atoms with Crippen molar-refractivity contribution in [3.63, 3.8) is 0 Å². The number of aromatic nitrogens is 4. The first kappa shape index (κ1) is 21.9. The van der Waals surface area contributed by atoms with Gasteiger partial charge in [-0.25, -0.2) is 18.7 Å². The van der Waals surface area contributed by atoms with Crippen molar-refractivity contribution in [3.05, 3.63) is 59.3 Å². The molecule has 5 heterocycles. The van der Waals surface area contributed by atoms with E-state index in [1.54, 1.807) is 25.4 Å². The van der Waals surface area contributed by atoms with Gasteiger partial charge in [-0.15, -0.1) is 0 Å². The monoisotopic (exact) mass is 476 g/mol. The normalized spacial score (nSPS) is 18.0. The third-order valence-electron chi connectivity index (χ3n) is 6.93. The van der Waals surface area contributed by atoms with Crippen LogP contribution in [0.5, 0.6) is 5.88 Å². The zero-order chi connectivity index (χ0) is 24.1. The van der Waals surface area contributed by atoms with Crippen LogP contribution in [0, 0.1) is 12.7 Å². The molecule has 0 fully saturated rings. The fourth-order valence-corrected chi connectivity index (χ4v) is 4.92. The van der Waals surface area contributed by atoms with Crippen LogP contribution in [0.25, 0.3) is 21.9 Å². The number of nitrogens with zero attached hydrogens (tertiary/aromatic N) is 5. The summed E-state index contributed by atoms with van der Waals surface area (Å²) in [5.74, 6) is 1.26. The zero-order valence-corrected chi connectivity index (χ0v) is 19.7. The molecule has 180 valence electrons. The Hall–Kier alpha value is -3.59. The van der Waals surface area contributed by atoms with E-state index in [0.717, 1.165) is 37.3 Å². The average molecular weight is 477 g/mol. The summed E-state index contributed by atoms with van der Waals surface area (Å²) in [5.41, 5.74) is 3.19. The molecule has 0 saturated carbocycles. The molecule has 1 atom stereocenters. The van der Waals surface area contributed by atoms with Gasteiger partial charge in [-0.3, -0.25) is 4.68 Å². The molecule has 3 aromatic heterocycles. The molecule has 7 nitrogen and oxygen atoms in total. The summed E-state index contributed by atoms with van der Waals surface area (Å²) in [6, 6.07) is 7.15. The number of hydrogen-bond acceptors (Lipinski definition) is 6. The first-order valence-corrected chi connectivity index (χ1v) is 11.8. The third-order valence-corrected chi connectivity index (χ3v) is 6.93. The minimum Gasteiger partial charge on any atom is -0.477 e. The highest BCUT2D eigenvalue weighted by Crippen LogP contribution is 2.40. The fourth-order valence-electron chi connectivity index (χ4n) is 4.92. The lowest BCUT2D eigenvalue weighted by Crippen LogP contribution is -2.21. The van der Waals surface area contributed by atoms with E-state index in [-0.39, 0.29) is 6.42 Å². The number of fused-ring (bicyclic) bond motifs is 3. The number of halogens is 2. The molecule has 9 heteroatoms. The molecule has 0 spiro atoms. The Morgan fingerprint density at radius 3 is 2.77 bits per heavy atom. The summed E-state index contributed by atoms with van der Waals surface area (Å²) in [7, 11) is 2.12. The Morgan fingerprint density at radius 1 is 1.00 bits per heavy atom. The highest BCUT2D eigenvalue weighted by molar-refractivity contribution is 5.89. The Labute approximate surface area is 201 Å². The summed E-state index contributed by atoms with van der Waals surface area (Å²) >= 11 is 0. The molecule has 1 N–H and O–H groups in total. The van der Waals surface area contributed by atoms with E-state index in [1.165, 1.54) is 11.8 Å². The summed E-state index contributed by atoms with van der Waals surface area (Å²) in [4.78, 5) is 11.0. The van der Waals surface area contributed by atoms with E-state index in [4.69, 9.17) is 4.74 Å². The van der Waals surface area contributed by atoms with Crippen LogP contribution in [0.1, 0.15) is 29.4 Å². The topological polar surface area (TPSA) is 68.1 Å². The van der Waals surface area contributed by atoms with Gasteiger partial charge in [-0.1, -0.05) is 0 Å². The van der Waals surface area contributed by atoms with Gasteiger partial charge in [0.05, 0.1) is 18.7 Å². The quantitative estimate of drug-likeness (QED) is 0.451. The van der Waals surface area contributed by atoms with E-state index >= 15 is 4.39 Å². The number of benzene rings is 1. The number of hydrogen-bond donors (Lipinski definition) is 1. The number of alkyl halides is 1. The fraction of sp³-hybridized carbons (Fsp3) is 0.346. The molecule has 2 aliphatic rings. The predicted molar refractivity (Wildman–Crippen MR) is 130 cm³/mol. The second-order valence-corrected chi connectivity index (χ2v) is 9.29. The smallest absolute Gasteiger partial charge is 0.219 e. The molecule has 1 aromatic carbocycles. The predicted octanol–water partition coefficient (Wildman–Crippen LogP) is 4.97. The van der Waals surface area contributed by atoms with Crippen LogP contribution in [0.3, 0.4) is 0 Å². The molecule has 0 amide bonds. The van der Waals surface area contributed by atoms with E-state index in [0.29, 0.717) is 45.9 Å². The van der Waals surface area contributed by atoms with Gasteiger partial charge >= 0.3 is 0 Å². The summed E-state index contributed by atoms with van der Waals surface area (Å²) in [5, 5.41) is 9.46. The van der Waals surface area contributed by atoms with Crippen LogP contribution in [-0.2, 0) is 13.0 Å². The van der Waals surface area contributed by atoms with Gasteiger partial charge in [0.25, 0.3) is 0 Å². The molecule has 0 saturated heterocycles. The number of ether oxygens (including phenoxy) is 1. The molecular weight excluding hydrogens is 450 g/mol. The highest BCUT2D eigenvalue weighted by atomic mass is 19.1. The van der Waals surface area contributed by atoms with Gasteiger partial charge < -0.3 is 15.0 Å². The minimum atomic E-state index is -1.17. The zero-order valence-electron chi connectivity index (χ0n) is 19.7. The first-order valence-electron chi connectivity index (χ1n) is 11.8. The van der Waals surface area contributed by atoms with Gasteiger partial charge in [0.1, 0.15) is 17.8 Å². The van der Waals surface area contributed by atoms with Crippen molar-refractivity contribution in [1.82, 2.24) is 24.6 Å². The lowest BCUT2D eigenvalue weighted by atomic mass is 9.93. The highest BCUT2D eigenvalue weighted by Gasteiger charge is 2.27. The molecule has 4 aromatic rings. The van der Waals surface area contributed by atoms with Crippen LogP contribution in [0.4, 0.5) is 20.4 Å². The third kappa shape index (κ3) is 3.99. The number of pyridine rings is 2. The first-order chi connectivity index (χ1) is 17.0. The van der Waals surface area contributed by atoms with Crippen molar-refractivity contribution in [3.8, 4) is 17.0 Å². The van der Waals surface area contributed by atoms with Gasteiger partial charge in [-0.2, -0.15) is 5.10 Å².